The van der Waals surface area contributed by atoms with Gasteiger partial charge in [0.05, 0.1) is 11.9 Å². The zero-order valence-electron chi connectivity index (χ0n) is 8.99. The predicted molar refractivity (Wildman–Crippen MR) is 39.6 cm³/mol. The molecule has 0 rings (SSSR count). The van der Waals surface area contributed by atoms with Gasteiger partial charge in [0.2, 0.25) is 0 Å². The van der Waals surface area contributed by atoms with Crippen LogP contribution in [0.2, 0.25) is 0 Å². The molecule has 0 spiro atoms. The Hall–Kier alpha value is 0.420. The Kier molecular flexibility index (Phi) is 27.1. The van der Waals surface area contributed by atoms with Crippen LogP contribution < -0.4 is 69.3 Å². The van der Waals surface area contributed by atoms with E-state index in [4.69, 9.17) is 0 Å². The maximum absolute atomic E-state index is 9.41. The fourth-order valence-electron chi connectivity index (χ4n) is 0.136. The quantitative estimate of drug-likeness (QED) is 0.261. The molecular weight excluding hydrogens is 206 g/mol. The van der Waals surface area contributed by atoms with E-state index in [1.807, 2.05) is 13.8 Å². The molecule has 0 unspecified atom stereocenters. The third-order valence-electron chi connectivity index (χ3n) is 0.355. The summed E-state index contributed by atoms with van der Waals surface area (Å²) in [5.41, 5.74) is 1.17. The van der Waals surface area contributed by atoms with Gasteiger partial charge in [-0.15, -0.1) is 6.58 Å². The Morgan fingerprint density at radius 1 is 1.00 bits per heavy atom. The van der Waals surface area contributed by atoms with Gasteiger partial charge in [-0.25, -0.2) is 0 Å². The van der Waals surface area contributed by atoms with E-state index in [1.165, 1.54) is 5.57 Å². The molecule has 0 atom stereocenters. The molecule has 0 aromatic carbocycles. The third-order valence-corrected chi connectivity index (χ3v) is 0.355. The molecule has 0 aliphatic heterocycles. The van der Waals surface area contributed by atoms with Crippen LogP contribution in [0, 0.1) is 0 Å². The summed E-state index contributed by atoms with van der Waals surface area (Å²) in [6, 6.07) is 0. The number of carbonyl (C=O) groups is 2. The van der Waals surface area contributed by atoms with Crippen molar-refractivity contribution in [1.82, 2.24) is 0 Å². The van der Waals surface area contributed by atoms with Crippen molar-refractivity contribution in [1.29, 1.82) is 0 Å². The predicted octanol–water partition coefficient (Wildman–Crippen LogP) is -7.37. The smallest absolute Gasteiger partial charge is 0.545 e. The van der Waals surface area contributed by atoms with E-state index in [-0.39, 0.29) is 59.1 Å². The molecule has 0 aliphatic rings. The Morgan fingerprint density at radius 3 is 1.21 bits per heavy atom. The fraction of sp³-hybridized carbons (Fsp3) is 0.250. The van der Waals surface area contributed by atoms with E-state index < -0.39 is 11.9 Å². The van der Waals surface area contributed by atoms with E-state index in [0.29, 0.717) is 12.2 Å². The Balaban J connectivity index is -0.0000000733. The SMILES string of the molecule is C=C(C)C.O=C([O-])C=CC(=O)[O-].[Na+].[Na+]. The number of carbonyl (C=O) groups excluding carboxylic acids is 2. The largest absolute Gasteiger partial charge is 1.00 e. The van der Waals surface area contributed by atoms with E-state index in [1.54, 1.807) is 0 Å². The van der Waals surface area contributed by atoms with Crippen molar-refractivity contribution >= 4 is 11.9 Å². The number of allylic oxidation sites excluding steroid dienone is 1. The number of rotatable bonds is 2. The number of carboxylic acid groups (broad SMARTS) is 2. The average Bonchev–Trinajstić information content (AvgIpc) is 1.82. The molecule has 0 radical (unpaired) electrons. The molecule has 0 saturated carbocycles. The summed E-state index contributed by atoms with van der Waals surface area (Å²) in [7, 11) is 0. The Morgan fingerprint density at radius 2 is 1.14 bits per heavy atom. The van der Waals surface area contributed by atoms with Gasteiger partial charge in [-0.2, -0.15) is 0 Å². The van der Waals surface area contributed by atoms with Crippen LogP contribution in [0.1, 0.15) is 13.8 Å². The molecule has 0 fully saturated rings. The van der Waals surface area contributed by atoms with Crippen LogP contribution >= 0.6 is 0 Å². The first-order valence-electron chi connectivity index (χ1n) is 3.08. The first-order chi connectivity index (χ1) is 5.36. The third kappa shape index (κ3) is 55.1. The summed E-state index contributed by atoms with van der Waals surface area (Å²) in [5.74, 6) is -3.09. The molecular formula is C8H10Na2O4. The van der Waals surface area contributed by atoms with Gasteiger partial charge >= 0.3 is 59.1 Å². The van der Waals surface area contributed by atoms with Crippen LogP contribution in [0.3, 0.4) is 0 Å². The molecule has 4 nitrogen and oxygen atoms in total. The minimum atomic E-state index is -1.55. The second kappa shape index (κ2) is 15.9. The second-order valence-corrected chi connectivity index (χ2v) is 2.18. The minimum absolute atomic E-state index is 0. The topological polar surface area (TPSA) is 80.3 Å². The molecule has 6 heteroatoms. The van der Waals surface area contributed by atoms with Gasteiger partial charge in [0.15, 0.2) is 0 Å². The summed E-state index contributed by atoms with van der Waals surface area (Å²) in [4.78, 5) is 18.8. The second-order valence-electron chi connectivity index (χ2n) is 2.18. The number of aliphatic carboxylic acids is 2. The molecule has 0 aromatic heterocycles. The fourth-order valence-corrected chi connectivity index (χ4v) is 0.136. The number of hydrogen-bond donors (Lipinski definition) is 0. The zero-order chi connectivity index (χ0) is 10.1. The molecule has 14 heavy (non-hydrogen) atoms. The van der Waals surface area contributed by atoms with Gasteiger partial charge < -0.3 is 19.8 Å². The molecule has 0 saturated heterocycles. The van der Waals surface area contributed by atoms with E-state index >= 15 is 0 Å². The molecule has 68 valence electrons. The van der Waals surface area contributed by atoms with Gasteiger partial charge in [0.25, 0.3) is 0 Å². The molecule has 0 aliphatic carbocycles. The van der Waals surface area contributed by atoms with Crippen LogP contribution in [-0.2, 0) is 9.59 Å². The maximum atomic E-state index is 9.41. The van der Waals surface area contributed by atoms with Gasteiger partial charge in [-0.05, 0) is 26.0 Å². The number of carboxylic acids is 2. The van der Waals surface area contributed by atoms with E-state index in [2.05, 4.69) is 6.58 Å². The van der Waals surface area contributed by atoms with Crippen molar-refractivity contribution < 1.29 is 78.9 Å². The summed E-state index contributed by atoms with van der Waals surface area (Å²) in [6.45, 7) is 7.50. The van der Waals surface area contributed by atoms with Crippen molar-refractivity contribution in [3.05, 3.63) is 24.3 Å². The van der Waals surface area contributed by atoms with Crippen molar-refractivity contribution in [2.24, 2.45) is 0 Å². The van der Waals surface area contributed by atoms with Gasteiger partial charge in [0.1, 0.15) is 0 Å². The summed E-state index contributed by atoms with van der Waals surface area (Å²) in [6.07, 6.45) is 0.769. The van der Waals surface area contributed by atoms with Crippen molar-refractivity contribution in [2.45, 2.75) is 13.8 Å². The molecule has 0 N–H and O–H groups in total. The molecule has 0 heterocycles. The van der Waals surface area contributed by atoms with Crippen molar-refractivity contribution in [3.8, 4) is 0 Å². The average molecular weight is 216 g/mol. The Labute approximate surface area is 128 Å². The van der Waals surface area contributed by atoms with Crippen LogP contribution in [0.5, 0.6) is 0 Å². The van der Waals surface area contributed by atoms with E-state index in [0.717, 1.165) is 0 Å². The molecule has 0 bridgehead atoms. The van der Waals surface area contributed by atoms with Crippen LogP contribution in [-0.4, -0.2) is 11.9 Å². The summed E-state index contributed by atoms with van der Waals surface area (Å²) in [5, 5.41) is 18.8. The number of hydrogen-bond acceptors (Lipinski definition) is 4. The van der Waals surface area contributed by atoms with Gasteiger partial charge in [0, 0.05) is 0 Å². The normalized spacial score (nSPS) is 7.29. The Bertz CT molecular complexity index is 191. The summed E-state index contributed by atoms with van der Waals surface area (Å²) < 4.78 is 0. The maximum Gasteiger partial charge on any atom is 1.00 e. The van der Waals surface area contributed by atoms with Gasteiger partial charge in [-0.1, -0.05) is 5.57 Å². The first-order valence-corrected chi connectivity index (χ1v) is 3.08. The van der Waals surface area contributed by atoms with Gasteiger partial charge in [-0.3, -0.25) is 0 Å². The first kappa shape index (κ1) is 23.9. The van der Waals surface area contributed by atoms with E-state index in [9.17, 15) is 19.8 Å². The minimum Gasteiger partial charge on any atom is -0.545 e. The van der Waals surface area contributed by atoms with Crippen LogP contribution in [0.25, 0.3) is 0 Å². The zero-order valence-corrected chi connectivity index (χ0v) is 13.0. The van der Waals surface area contributed by atoms with Crippen molar-refractivity contribution in [2.75, 3.05) is 0 Å². The monoisotopic (exact) mass is 216 g/mol. The van der Waals surface area contributed by atoms with Crippen molar-refractivity contribution in [3.63, 3.8) is 0 Å². The molecule has 0 aromatic rings. The summed E-state index contributed by atoms with van der Waals surface area (Å²) >= 11 is 0. The molecule has 0 amide bonds. The standard InChI is InChI=1S/C4H4O4.C4H8.2Na/c5-3(6)1-2-4(7)8;1-4(2)3;;/h1-2H,(H,5,6)(H,7,8);1H2,2-3H3;;/q;;2*+1/p-2. The van der Waals surface area contributed by atoms with Crippen LogP contribution in [0.15, 0.2) is 24.3 Å². The van der Waals surface area contributed by atoms with Crippen LogP contribution in [0.4, 0.5) is 0 Å².